The normalized spacial score (nSPS) is 15.4. The number of piperidine rings is 1. The van der Waals surface area contributed by atoms with Crippen molar-refractivity contribution >= 4 is 27.5 Å². The van der Waals surface area contributed by atoms with Crippen molar-refractivity contribution in [3.8, 4) is 5.13 Å². The van der Waals surface area contributed by atoms with E-state index in [4.69, 9.17) is 0 Å². The van der Waals surface area contributed by atoms with E-state index in [1.54, 1.807) is 11.3 Å². The maximum Gasteiger partial charge on any atom is 0.253 e. The van der Waals surface area contributed by atoms with Gasteiger partial charge in [0.2, 0.25) is 0 Å². The summed E-state index contributed by atoms with van der Waals surface area (Å²) in [6.45, 7) is 1.77. The van der Waals surface area contributed by atoms with Gasteiger partial charge in [0.25, 0.3) is 5.91 Å². The fourth-order valence-corrected chi connectivity index (χ4v) is 3.87. The standard InChI is InChI=1S/C17H17N3OS/c21-16(19-8-2-1-3-9-19)13-6-7-14-15(12-13)22-17(18-14)20-10-4-5-11-20/h4-7,10-12H,1-3,8-9H2. The van der Waals surface area contributed by atoms with Gasteiger partial charge in [0.15, 0.2) is 5.13 Å². The van der Waals surface area contributed by atoms with Crippen LogP contribution >= 0.6 is 11.3 Å². The smallest absolute Gasteiger partial charge is 0.253 e. The minimum absolute atomic E-state index is 0.150. The number of nitrogens with zero attached hydrogens (tertiary/aromatic N) is 3. The minimum Gasteiger partial charge on any atom is -0.339 e. The van der Waals surface area contributed by atoms with Crippen LogP contribution in [0.25, 0.3) is 15.3 Å². The molecule has 0 radical (unpaired) electrons. The summed E-state index contributed by atoms with van der Waals surface area (Å²) >= 11 is 1.61. The number of thiazole rings is 1. The summed E-state index contributed by atoms with van der Waals surface area (Å²) in [6, 6.07) is 9.81. The second-order valence-electron chi connectivity index (χ2n) is 5.62. The highest BCUT2D eigenvalue weighted by Crippen LogP contribution is 2.26. The molecule has 1 aliphatic rings. The quantitative estimate of drug-likeness (QED) is 0.723. The van der Waals surface area contributed by atoms with Crippen LogP contribution in [0.1, 0.15) is 29.6 Å². The van der Waals surface area contributed by atoms with Crippen molar-refractivity contribution in [1.29, 1.82) is 0 Å². The molecule has 1 aliphatic heterocycles. The molecule has 0 saturated carbocycles. The van der Waals surface area contributed by atoms with Gasteiger partial charge in [0.1, 0.15) is 0 Å². The third kappa shape index (κ3) is 2.41. The van der Waals surface area contributed by atoms with E-state index in [1.807, 2.05) is 52.2 Å². The lowest BCUT2D eigenvalue weighted by molar-refractivity contribution is 0.0724. The van der Waals surface area contributed by atoms with E-state index in [-0.39, 0.29) is 5.91 Å². The van der Waals surface area contributed by atoms with Gasteiger partial charge < -0.3 is 9.47 Å². The minimum atomic E-state index is 0.150. The zero-order valence-corrected chi connectivity index (χ0v) is 13.1. The maximum atomic E-state index is 12.6. The summed E-state index contributed by atoms with van der Waals surface area (Å²) < 4.78 is 3.06. The molecule has 1 fully saturated rings. The number of aromatic nitrogens is 2. The number of fused-ring (bicyclic) bond motifs is 1. The van der Waals surface area contributed by atoms with Gasteiger partial charge in [-0.15, -0.1) is 0 Å². The Labute approximate surface area is 133 Å². The number of likely N-dealkylation sites (tertiary alicyclic amines) is 1. The summed E-state index contributed by atoms with van der Waals surface area (Å²) in [5.41, 5.74) is 1.72. The molecule has 0 bridgehead atoms. The molecule has 0 aliphatic carbocycles. The molecule has 2 aromatic heterocycles. The van der Waals surface area contributed by atoms with Crippen LogP contribution in [0.3, 0.4) is 0 Å². The van der Waals surface area contributed by atoms with Crippen LogP contribution in [0, 0.1) is 0 Å². The number of amides is 1. The molecule has 1 aromatic carbocycles. The highest BCUT2D eigenvalue weighted by atomic mass is 32.1. The SMILES string of the molecule is O=C(c1ccc2nc(-n3cccc3)sc2c1)N1CCCCC1. The van der Waals surface area contributed by atoms with Gasteiger partial charge in [0.05, 0.1) is 10.2 Å². The first-order valence-corrected chi connectivity index (χ1v) is 8.46. The number of carbonyl (C=O) groups excluding carboxylic acids is 1. The summed E-state index contributed by atoms with van der Waals surface area (Å²) in [5, 5.41) is 0.933. The van der Waals surface area contributed by atoms with Gasteiger partial charge >= 0.3 is 0 Å². The number of carbonyl (C=O) groups is 1. The van der Waals surface area contributed by atoms with E-state index in [1.165, 1.54) is 6.42 Å². The van der Waals surface area contributed by atoms with Crippen LogP contribution in [0.4, 0.5) is 0 Å². The number of hydrogen-bond donors (Lipinski definition) is 0. The average Bonchev–Trinajstić information content (AvgIpc) is 3.23. The van der Waals surface area contributed by atoms with E-state index in [2.05, 4.69) is 4.98 Å². The van der Waals surface area contributed by atoms with Crippen LogP contribution in [-0.4, -0.2) is 33.4 Å². The molecule has 0 N–H and O–H groups in total. The molecule has 22 heavy (non-hydrogen) atoms. The van der Waals surface area contributed by atoms with Crippen molar-refractivity contribution < 1.29 is 4.79 Å². The van der Waals surface area contributed by atoms with Gasteiger partial charge in [0, 0.05) is 31.0 Å². The van der Waals surface area contributed by atoms with Crippen LogP contribution in [0.5, 0.6) is 0 Å². The zero-order valence-electron chi connectivity index (χ0n) is 12.2. The first-order chi connectivity index (χ1) is 10.8. The molecule has 0 spiro atoms. The Kier molecular flexibility index (Phi) is 3.42. The van der Waals surface area contributed by atoms with Gasteiger partial charge in [-0.25, -0.2) is 4.98 Å². The van der Waals surface area contributed by atoms with Crippen molar-refractivity contribution in [2.24, 2.45) is 0 Å². The van der Waals surface area contributed by atoms with Crippen molar-refractivity contribution in [2.45, 2.75) is 19.3 Å². The molecular weight excluding hydrogens is 294 g/mol. The van der Waals surface area contributed by atoms with Gasteiger partial charge in [-0.05, 0) is 49.6 Å². The lowest BCUT2D eigenvalue weighted by Gasteiger charge is -2.26. The molecule has 3 aromatic rings. The van der Waals surface area contributed by atoms with Crippen LogP contribution < -0.4 is 0 Å². The average molecular weight is 311 g/mol. The van der Waals surface area contributed by atoms with E-state index >= 15 is 0 Å². The monoisotopic (exact) mass is 311 g/mol. The second-order valence-corrected chi connectivity index (χ2v) is 6.63. The summed E-state index contributed by atoms with van der Waals surface area (Å²) in [5.74, 6) is 0.150. The Balaban J connectivity index is 1.66. The summed E-state index contributed by atoms with van der Waals surface area (Å²) in [7, 11) is 0. The first-order valence-electron chi connectivity index (χ1n) is 7.64. The van der Waals surface area contributed by atoms with Gasteiger partial charge in [-0.2, -0.15) is 0 Å². The van der Waals surface area contributed by atoms with E-state index in [0.29, 0.717) is 0 Å². The molecule has 112 valence electrons. The van der Waals surface area contributed by atoms with Gasteiger partial charge in [-0.3, -0.25) is 4.79 Å². The topological polar surface area (TPSA) is 38.1 Å². The van der Waals surface area contributed by atoms with E-state index in [9.17, 15) is 4.79 Å². The lowest BCUT2D eigenvalue weighted by Crippen LogP contribution is -2.35. The fourth-order valence-electron chi connectivity index (χ4n) is 2.90. The molecule has 1 amide bonds. The Morgan fingerprint density at radius 3 is 2.64 bits per heavy atom. The Morgan fingerprint density at radius 2 is 1.86 bits per heavy atom. The molecule has 1 saturated heterocycles. The predicted molar refractivity (Wildman–Crippen MR) is 88.7 cm³/mol. The molecule has 5 heteroatoms. The molecule has 3 heterocycles. The number of benzene rings is 1. The first kappa shape index (κ1) is 13.5. The van der Waals surface area contributed by atoms with Crippen molar-refractivity contribution in [2.75, 3.05) is 13.1 Å². The lowest BCUT2D eigenvalue weighted by atomic mass is 10.1. The highest BCUT2D eigenvalue weighted by molar-refractivity contribution is 7.20. The van der Waals surface area contributed by atoms with Gasteiger partial charge in [-0.1, -0.05) is 11.3 Å². The van der Waals surface area contributed by atoms with Crippen LogP contribution in [0.15, 0.2) is 42.7 Å². The molecule has 4 nitrogen and oxygen atoms in total. The zero-order chi connectivity index (χ0) is 14.9. The number of rotatable bonds is 2. The Morgan fingerprint density at radius 1 is 1.09 bits per heavy atom. The van der Waals surface area contributed by atoms with Crippen molar-refractivity contribution in [3.05, 3.63) is 48.3 Å². The third-order valence-electron chi connectivity index (χ3n) is 4.09. The molecular formula is C17H17N3OS. The Hall–Kier alpha value is -2.14. The number of hydrogen-bond acceptors (Lipinski definition) is 3. The third-order valence-corrected chi connectivity index (χ3v) is 5.12. The van der Waals surface area contributed by atoms with Crippen LogP contribution in [0.2, 0.25) is 0 Å². The summed E-state index contributed by atoms with van der Waals surface area (Å²) in [6.07, 6.45) is 7.44. The van der Waals surface area contributed by atoms with E-state index in [0.717, 1.165) is 46.8 Å². The highest BCUT2D eigenvalue weighted by Gasteiger charge is 2.19. The van der Waals surface area contributed by atoms with E-state index < -0.39 is 0 Å². The molecule has 4 rings (SSSR count). The Bertz CT molecular complexity index is 801. The largest absolute Gasteiger partial charge is 0.339 e. The van der Waals surface area contributed by atoms with Crippen molar-refractivity contribution in [3.63, 3.8) is 0 Å². The van der Waals surface area contributed by atoms with Crippen LogP contribution in [-0.2, 0) is 0 Å². The van der Waals surface area contributed by atoms with Crippen molar-refractivity contribution in [1.82, 2.24) is 14.5 Å². The maximum absolute atomic E-state index is 12.6. The molecule has 0 unspecified atom stereocenters. The molecule has 0 atom stereocenters. The predicted octanol–water partition coefficient (Wildman–Crippen LogP) is 3.71. The second kappa shape index (κ2) is 5.57. The summed E-state index contributed by atoms with van der Waals surface area (Å²) in [4.78, 5) is 19.2. The fraction of sp³-hybridized carbons (Fsp3) is 0.294.